The summed E-state index contributed by atoms with van der Waals surface area (Å²) in [5, 5.41) is 21.8. The molecule has 0 unspecified atom stereocenters. The molecule has 1 aliphatic heterocycles. The maximum absolute atomic E-state index is 9.01. The minimum Gasteiger partial charge on any atom is -0.490 e. The molecule has 0 radical (unpaired) electrons. The number of hydrogen-bond acceptors (Lipinski definition) is 6. The molecule has 0 bridgehead atoms. The fourth-order valence-corrected chi connectivity index (χ4v) is 3.38. The zero-order valence-corrected chi connectivity index (χ0v) is 14.9. The minimum atomic E-state index is 0.153. The van der Waals surface area contributed by atoms with Crippen LogP contribution in [0.5, 0.6) is 5.75 Å². The first-order valence-electron chi connectivity index (χ1n) is 8.74. The van der Waals surface area contributed by atoms with Gasteiger partial charge in [0, 0.05) is 37.1 Å². The van der Waals surface area contributed by atoms with Gasteiger partial charge in [-0.3, -0.25) is 0 Å². The lowest BCUT2D eigenvalue weighted by molar-refractivity contribution is 0.170. The van der Waals surface area contributed by atoms with Gasteiger partial charge in [0.2, 0.25) is 0 Å². The van der Waals surface area contributed by atoms with Crippen LogP contribution in [0.4, 0.5) is 5.82 Å². The Morgan fingerprint density at radius 3 is 2.77 bits per heavy atom. The normalized spacial score (nSPS) is 15.2. The van der Waals surface area contributed by atoms with Crippen LogP contribution in [0.25, 0.3) is 5.65 Å². The van der Waals surface area contributed by atoms with Crippen LogP contribution in [0.15, 0.2) is 30.6 Å². The van der Waals surface area contributed by atoms with Crippen LogP contribution in [0.3, 0.4) is 0 Å². The lowest BCUT2D eigenvalue weighted by Crippen LogP contribution is -2.39. The summed E-state index contributed by atoms with van der Waals surface area (Å²) in [6, 6.07) is 9.49. The quantitative estimate of drug-likeness (QED) is 0.724. The van der Waals surface area contributed by atoms with Crippen molar-refractivity contribution in [1.82, 2.24) is 19.8 Å². The Labute approximate surface area is 151 Å². The standard InChI is InChI=1S/C19H20N6O/c1-13-14(2)19(23-25-12-21-22-18(13)25)24-8-6-16(7-9-24)26-17-5-3-4-15(10-17)11-20/h3-5,10,12,16H,6-9H2,1-2H3. The van der Waals surface area contributed by atoms with Gasteiger partial charge in [0.05, 0.1) is 11.6 Å². The van der Waals surface area contributed by atoms with Crippen molar-refractivity contribution in [1.29, 1.82) is 5.26 Å². The van der Waals surface area contributed by atoms with Gasteiger partial charge in [-0.15, -0.1) is 15.3 Å². The fraction of sp³-hybridized carbons (Fsp3) is 0.368. The van der Waals surface area contributed by atoms with Crippen LogP contribution in [-0.2, 0) is 0 Å². The molecular formula is C19H20N6O. The second-order valence-electron chi connectivity index (χ2n) is 6.62. The molecule has 4 rings (SSSR count). The number of aromatic nitrogens is 4. The fourth-order valence-electron chi connectivity index (χ4n) is 3.38. The molecular weight excluding hydrogens is 328 g/mol. The molecule has 132 valence electrons. The molecule has 2 aromatic heterocycles. The Bertz CT molecular complexity index is 981. The smallest absolute Gasteiger partial charge is 0.180 e. The Balaban J connectivity index is 1.47. The summed E-state index contributed by atoms with van der Waals surface area (Å²) in [5.41, 5.74) is 3.69. The third-order valence-electron chi connectivity index (χ3n) is 4.97. The Morgan fingerprint density at radius 2 is 2.00 bits per heavy atom. The van der Waals surface area contributed by atoms with Crippen molar-refractivity contribution in [2.24, 2.45) is 0 Å². The number of nitriles is 1. The van der Waals surface area contributed by atoms with Crippen molar-refractivity contribution in [2.75, 3.05) is 18.0 Å². The first kappa shape index (κ1) is 16.3. The van der Waals surface area contributed by atoms with Gasteiger partial charge >= 0.3 is 0 Å². The largest absolute Gasteiger partial charge is 0.490 e. The van der Waals surface area contributed by atoms with E-state index in [4.69, 9.17) is 15.1 Å². The van der Waals surface area contributed by atoms with E-state index in [1.54, 1.807) is 23.0 Å². The summed E-state index contributed by atoms with van der Waals surface area (Å²) in [4.78, 5) is 2.30. The molecule has 3 aromatic rings. The summed E-state index contributed by atoms with van der Waals surface area (Å²) in [7, 11) is 0. The van der Waals surface area contributed by atoms with Crippen LogP contribution < -0.4 is 9.64 Å². The average molecular weight is 348 g/mol. The summed E-state index contributed by atoms with van der Waals surface area (Å²) < 4.78 is 7.81. The third-order valence-corrected chi connectivity index (χ3v) is 4.97. The SMILES string of the molecule is Cc1c(N2CCC(Oc3cccc(C#N)c3)CC2)nn2cnnc2c1C. The molecule has 0 spiro atoms. The van der Waals surface area contributed by atoms with E-state index in [0.29, 0.717) is 5.56 Å². The Kier molecular flexibility index (Phi) is 4.17. The molecule has 26 heavy (non-hydrogen) atoms. The maximum atomic E-state index is 9.01. The van der Waals surface area contributed by atoms with Crippen LogP contribution in [0.1, 0.15) is 29.5 Å². The molecule has 0 atom stereocenters. The molecule has 1 aromatic carbocycles. The number of ether oxygens (including phenoxy) is 1. The highest BCUT2D eigenvalue weighted by Gasteiger charge is 2.24. The number of hydrogen-bond donors (Lipinski definition) is 0. The molecule has 7 nitrogen and oxygen atoms in total. The summed E-state index contributed by atoms with van der Waals surface area (Å²) in [6.45, 7) is 5.90. The van der Waals surface area contributed by atoms with Gasteiger partial charge in [-0.05, 0) is 32.0 Å². The highest BCUT2D eigenvalue weighted by atomic mass is 16.5. The number of aryl methyl sites for hydroxylation is 1. The minimum absolute atomic E-state index is 0.153. The Hall–Kier alpha value is -3.14. The van der Waals surface area contributed by atoms with Crippen LogP contribution in [-0.4, -0.2) is 39.0 Å². The van der Waals surface area contributed by atoms with Gasteiger partial charge in [-0.25, -0.2) is 0 Å². The number of fused-ring (bicyclic) bond motifs is 1. The molecule has 0 aliphatic carbocycles. The van der Waals surface area contributed by atoms with Crippen LogP contribution >= 0.6 is 0 Å². The van der Waals surface area contributed by atoms with Crippen molar-refractivity contribution in [3.8, 4) is 11.8 Å². The van der Waals surface area contributed by atoms with E-state index in [1.807, 2.05) is 12.1 Å². The van der Waals surface area contributed by atoms with E-state index in [2.05, 4.69) is 35.0 Å². The number of nitrogens with zero attached hydrogens (tertiary/aromatic N) is 6. The van der Waals surface area contributed by atoms with Crippen LogP contribution in [0, 0.1) is 25.2 Å². The van der Waals surface area contributed by atoms with Gasteiger partial charge in [-0.1, -0.05) is 6.07 Å². The van der Waals surface area contributed by atoms with Crippen LogP contribution in [0.2, 0.25) is 0 Å². The molecule has 3 heterocycles. The average Bonchev–Trinajstić information content (AvgIpc) is 3.14. The highest BCUT2D eigenvalue weighted by Crippen LogP contribution is 2.27. The predicted molar refractivity (Wildman–Crippen MR) is 97.3 cm³/mol. The molecule has 1 saturated heterocycles. The van der Waals surface area contributed by atoms with Crippen molar-refractivity contribution in [3.63, 3.8) is 0 Å². The van der Waals surface area contributed by atoms with Gasteiger partial charge in [0.25, 0.3) is 0 Å². The monoisotopic (exact) mass is 348 g/mol. The topological polar surface area (TPSA) is 79.3 Å². The second-order valence-corrected chi connectivity index (χ2v) is 6.62. The van der Waals surface area contributed by atoms with Crippen molar-refractivity contribution in [2.45, 2.75) is 32.8 Å². The third kappa shape index (κ3) is 2.94. The van der Waals surface area contributed by atoms with Gasteiger partial charge < -0.3 is 9.64 Å². The van der Waals surface area contributed by atoms with E-state index in [0.717, 1.165) is 54.3 Å². The lowest BCUT2D eigenvalue weighted by Gasteiger charge is -2.33. The summed E-state index contributed by atoms with van der Waals surface area (Å²) in [6.07, 6.45) is 3.62. The van der Waals surface area contributed by atoms with Gasteiger partial charge in [0.15, 0.2) is 11.5 Å². The number of piperidine rings is 1. The number of benzene rings is 1. The van der Waals surface area contributed by atoms with E-state index < -0.39 is 0 Å². The zero-order chi connectivity index (χ0) is 18.1. The van der Waals surface area contributed by atoms with Crippen molar-refractivity contribution >= 4 is 11.5 Å². The second kappa shape index (κ2) is 6.64. The first-order chi connectivity index (χ1) is 12.7. The maximum Gasteiger partial charge on any atom is 0.180 e. The number of rotatable bonds is 3. The molecule has 1 aliphatic rings. The van der Waals surface area contributed by atoms with E-state index >= 15 is 0 Å². The summed E-state index contributed by atoms with van der Waals surface area (Å²) >= 11 is 0. The zero-order valence-electron chi connectivity index (χ0n) is 14.9. The highest BCUT2D eigenvalue weighted by molar-refractivity contribution is 5.58. The molecule has 1 fully saturated rings. The van der Waals surface area contributed by atoms with Gasteiger partial charge in [0.1, 0.15) is 18.2 Å². The molecule has 7 heteroatoms. The van der Waals surface area contributed by atoms with E-state index in [9.17, 15) is 0 Å². The van der Waals surface area contributed by atoms with Gasteiger partial charge in [-0.2, -0.15) is 9.78 Å². The van der Waals surface area contributed by atoms with E-state index in [1.165, 1.54) is 0 Å². The predicted octanol–water partition coefficient (Wildman–Crippen LogP) is 2.66. The Morgan fingerprint density at radius 1 is 1.19 bits per heavy atom. The van der Waals surface area contributed by atoms with E-state index in [-0.39, 0.29) is 6.10 Å². The number of anilines is 1. The molecule has 0 N–H and O–H groups in total. The molecule has 0 amide bonds. The summed E-state index contributed by atoms with van der Waals surface area (Å²) in [5.74, 6) is 1.75. The van der Waals surface area contributed by atoms with Crippen molar-refractivity contribution < 1.29 is 4.74 Å². The first-order valence-corrected chi connectivity index (χ1v) is 8.74. The van der Waals surface area contributed by atoms with Crippen molar-refractivity contribution in [3.05, 3.63) is 47.3 Å². The lowest BCUT2D eigenvalue weighted by atomic mass is 10.1. The molecule has 0 saturated carbocycles.